The molecule has 2 atom stereocenters. The standard InChI is InChI=1S/C19H24N2O3/c1-4-15(16-9-6-5-7-10-16)13-20-18(22)14(2)24-19(23)17-11-8-12-21(17)3/h5-12,14-15H,4,13H2,1-3H3,(H,20,22)/t14-,15-/m1/s1. The molecular formula is C19H24N2O3. The van der Waals surface area contributed by atoms with Crippen molar-refractivity contribution in [1.82, 2.24) is 9.88 Å². The molecule has 0 bridgehead atoms. The third-order valence-corrected chi connectivity index (χ3v) is 4.09. The monoisotopic (exact) mass is 328 g/mol. The van der Waals surface area contributed by atoms with Crippen LogP contribution in [0.25, 0.3) is 0 Å². The predicted octanol–water partition coefficient (Wildman–Crippen LogP) is 2.88. The molecule has 1 amide bonds. The minimum Gasteiger partial charge on any atom is -0.448 e. The van der Waals surface area contributed by atoms with Gasteiger partial charge in [-0.2, -0.15) is 0 Å². The van der Waals surface area contributed by atoms with E-state index in [2.05, 4.69) is 24.4 Å². The molecule has 2 rings (SSSR count). The lowest BCUT2D eigenvalue weighted by molar-refractivity contribution is -0.129. The molecule has 0 fully saturated rings. The Balaban J connectivity index is 1.87. The Bertz CT molecular complexity index is 679. The number of ether oxygens (including phenoxy) is 1. The SMILES string of the molecule is CC[C@H](CNC(=O)[C@@H](C)OC(=O)c1cccn1C)c1ccccc1. The zero-order valence-corrected chi connectivity index (χ0v) is 14.4. The smallest absolute Gasteiger partial charge is 0.355 e. The van der Waals surface area contributed by atoms with E-state index < -0.39 is 12.1 Å². The van der Waals surface area contributed by atoms with Gasteiger partial charge in [-0.15, -0.1) is 0 Å². The van der Waals surface area contributed by atoms with Gasteiger partial charge >= 0.3 is 5.97 Å². The first-order chi connectivity index (χ1) is 11.5. The third-order valence-electron chi connectivity index (χ3n) is 4.09. The zero-order valence-electron chi connectivity index (χ0n) is 14.4. The summed E-state index contributed by atoms with van der Waals surface area (Å²) in [6.45, 7) is 4.19. The molecule has 2 aromatic rings. The molecule has 24 heavy (non-hydrogen) atoms. The molecule has 1 heterocycles. The molecular weight excluding hydrogens is 304 g/mol. The van der Waals surface area contributed by atoms with Gasteiger partial charge < -0.3 is 14.6 Å². The molecule has 5 heteroatoms. The second kappa shape index (κ2) is 8.34. The van der Waals surface area contributed by atoms with Crippen molar-refractivity contribution in [3.05, 3.63) is 59.9 Å². The highest BCUT2D eigenvalue weighted by atomic mass is 16.5. The summed E-state index contributed by atoms with van der Waals surface area (Å²) in [5.41, 5.74) is 1.61. The summed E-state index contributed by atoms with van der Waals surface area (Å²) in [5, 5.41) is 2.87. The maximum Gasteiger partial charge on any atom is 0.355 e. The fraction of sp³-hybridized carbons (Fsp3) is 0.368. The molecule has 128 valence electrons. The van der Waals surface area contributed by atoms with Gasteiger partial charge in [0.1, 0.15) is 5.69 Å². The van der Waals surface area contributed by atoms with Crippen LogP contribution < -0.4 is 5.32 Å². The first kappa shape index (κ1) is 17.8. The normalized spacial score (nSPS) is 13.1. The van der Waals surface area contributed by atoms with E-state index >= 15 is 0 Å². The van der Waals surface area contributed by atoms with Crippen LogP contribution in [-0.4, -0.2) is 29.1 Å². The molecule has 0 aliphatic heterocycles. The van der Waals surface area contributed by atoms with Gasteiger partial charge in [-0.3, -0.25) is 4.79 Å². The Morgan fingerprint density at radius 1 is 1.17 bits per heavy atom. The Morgan fingerprint density at radius 2 is 1.88 bits per heavy atom. The van der Waals surface area contributed by atoms with Crippen LogP contribution in [0.15, 0.2) is 48.7 Å². The molecule has 0 aliphatic carbocycles. The number of hydrogen-bond donors (Lipinski definition) is 1. The molecule has 0 saturated carbocycles. The predicted molar refractivity (Wildman–Crippen MR) is 92.8 cm³/mol. The molecule has 0 saturated heterocycles. The summed E-state index contributed by atoms with van der Waals surface area (Å²) in [6.07, 6.45) is 1.84. The summed E-state index contributed by atoms with van der Waals surface area (Å²) in [6, 6.07) is 13.5. The number of hydrogen-bond acceptors (Lipinski definition) is 3. The van der Waals surface area contributed by atoms with E-state index in [0.717, 1.165) is 6.42 Å². The van der Waals surface area contributed by atoms with E-state index in [-0.39, 0.29) is 11.8 Å². The van der Waals surface area contributed by atoms with Crippen LogP contribution in [-0.2, 0) is 16.6 Å². The van der Waals surface area contributed by atoms with Gasteiger partial charge in [-0.05, 0) is 31.0 Å². The van der Waals surface area contributed by atoms with Crippen molar-refractivity contribution in [2.24, 2.45) is 7.05 Å². The third kappa shape index (κ3) is 4.47. The Morgan fingerprint density at radius 3 is 2.46 bits per heavy atom. The van der Waals surface area contributed by atoms with E-state index in [4.69, 9.17) is 4.74 Å². The molecule has 1 N–H and O–H groups in total. The average molecular weight is 328 g/mol. The highest BCUT2D eigenvalue weighted by Gasteiger charge is 2.21. The van der Waals surface area contributed by atoms with E-state index in [1.807, 2.05) is 18.2 Å². The number of carbonyl (C=O) groups is 2. The van der Waals surface area contributed by atoms with Crippen molar-refractivity contribution in [2.45, 2.75) is 32.3 Å². The van der Waals surface area contributed by atoms with Crippen molar-refractivity contribution in [3.8, 4) is 0 Å². The van der Waals surface area contributed by atoms with E-state index in [0.29, 0.717) is 12.2 Å². The maximum absolute atomic E-state index is 12.2. The molecule has 1 aromatic heterocycles. The van der Waals surface area contributed by atoms with Crippen LogP contribution in [0.4, 0.5) is 0 Å². The first-order valence-corrected chi connectivity index (χ1v) is 8.17. The summed E-state index contributed by atoms with van der Waals surface area (Å²) < 4.78 is 6.90. The number of nitrogens with one attached hydrogen (secondary N) is 1. The number of aromatic nitrogens is 1. The number of nitrogens with zero attached hydrogens (tertiary/aromatic N) is 1. The number of benzene rings is 1. The maximum atomic E-state index is 12.2. The van der Waals surface area contributed by atoms with Crippen molar-refractivity contribution in [3.63, 3.8) is 0 Å². The number of aryl methyl sites for hydroxylation is 1. The largest absolute Gasteiger partial charge is 0.448 e. The quantitative estimate of drug-likeness (QED) is 0.795. The van der Waals surface area contributed by atoms with Crippen LogP contribution in [0, 0.1) is 0 Å². The van der Waals surface area contributed by atoms with Crippen LogP contribution in [0.3, 0.4) is 0 Å². The Labute approximate surface area is 142 Å². The second-order valence-corrected chi connectivity index (χ2v) is 5.81. The van der Waals surface area contributed by atoms with Gasteiger partial charge in [0.05, 0.1) is 0 Å². The van der Waals surface area contributed by atoms with E-state index in [1.165, 1.54) is 5.56 Å². The topological polar surface area (TPSA) is 60.3 Å². The van der Waals surface area contributed by atoms with Crippen LogP contribution >= 0.6 is 0 Å². The van der Waals surface area contributed by atoms with Crippen LogP contribution in [0.1, 0.15) is 42.2 Å². The second-order valence-electron chi connectivity index (χ2n) is 5.81. The van der Waals surface area contributed by atoms with Crippen LogP contribution in [0.5, 0.6) is 0 Å². The molecule has 0 radical (unpaired) electrons. The number of esters is 1. The molecule has 0 spiro atoms. The van der Waals surface area contributed by atoms with Crippen molar-refractivity contribution in [1.29, 1.82) is 0 Å². The zero-order chi connectivity index (χ0) is 17.5. The van der Waals surface area contributed by atoms with Gasteiger partial charge in [0.2, 0.25) is 0 Å². The summed E-state index contributed by atoms with van der Waals surface area (Å²) >= 11 is 0. The molecule has 1 aromatic carbocycles. The lowest BCUT2D eigenvalue weighted by atomic mass is 9.96. The Hall–Kier alpha value is -2.56. The highest BCUT2D eigenvalue weighted by Crippen LogP contribution is 2.18. The Kier molecular flexibility index (Phi) is 6.18. The number of amides is 1. The van der Waals surface area contributed by atoms with Gasteiger partial charge in [-0.25, -0.2) is 4.79 Å². The van der Waals surface area contributed by atoms with Crippen molar-refractivity contribution >= 4 is 11.9 Å². The minimum absolute atomic E-state index is 0.242. The van der Waals surface area contributed by atoms with Crippen molar-refractivity contribution < 1.29 is 14.3 Å². The van der Waals surface area contributed by atoms with Gasteiger partial charge in [0, 0.05) is 25.7 Å². The lowest BCUT2D eigenvalue weighted by Crippen LogP contribution is -2.38. The summed E-state index contributed by atoms with van der Waals surface area (Å²) in [4.78, 5) is 24.2. The summed E-state index contributed by atoms with van der Waals surface area (Å²) in [5.74, 6) is -0.543. The van der Waals surface area contributed by atoms with Gasteiger partial charge in [0.25, 0.3) is 5.91 Å². The minimum atomic E-state index is -0.833. The van der Waals surface area contributed by atoms with Crippen molar-refractivity contribution in [2.75, 3.05) is 6.54 Å². The van der Waals surface area contributed by atoms with E-state index in [9.17, 15) is 9.59 Å². The lowest BCUT2D eigenvalue weighted by Gasteiger charge is -2.18. The fourth-order valence-electron chi connectivity index (χ4n) is 2.54. The van der Waals surface area contributed by atoms with Crippen LogP contribution in [0.2, 0.25) is 0 Å². The molecule has 5 nitrogen and oxygen atoms in total. The first-order valence-electron chi connectivity index (χ1n) is 8.17. The van der Waals surface area contributed by atoms with Gasteiger partial charge in [-0.1, -0.05) is 37.3 Å². The number of rotatable bonds is 7. The fourth-order valence-corrected chi connectivity index (χ4v) is 2.54. The summed E-state index contributed by atoms with van der Waals surface area (Å²) in [7, 11) is 1.76. The number of carbonyl (C=O) groups excluding carboxylic acids is 2. The highest BCUT2D eigenvalue weighted by molar-refractivity contribution is 5.91. The average Bonchev–Trinajstić information content (AvgIpc) is 3.02. The van der Waals surface area contributed by atoms with Gasteiger partial charge in [0.15, 0.2) is 6.10 Å². The molecule has 0 unspecified atom stereocenters. The molecule has 0 aliphatic rings. The van der Waals surface area contributed by atoms with E-state index in [1.54, 1.807) is 36.9 Å².